The van der Waals surface area contributed by atoms with Crippen LogP contribution in [0.2, 0.25) is 0 Å². The number of nitriles is 1. The van der Waals surface area contributed by atoms with Crippen LogP contribution >= 0.6 is 0 Å². The van der Waals surface area contributed by atoms with E-state index in [1.807, 2.05) is 6.07 Å². The Labute approximate surface area is 98.1 Å². The molecule has 1 aromatic carbocycles. The molecule has 0 spiro atoms. The Hall–Kier alpha value is -2.41. The summed E-state index contributed by atoms with van der Waals surface area (Å²) in [6.07, 6.45) is 1.56. The Kier molecular flexibility index (Phi) is 3.01. The third-order valence-corrected chi connectivity index (χ3v) is 2.35. The first-order valence-electron chi connectivity index (χ1n) is 4.95. The van der Waals surface area contributed by atoms with Gasteiger partial charge in [-0.3, -0.25) is 0 Å². The number of pyridine rings is 1. The fraction of sp³-hybridized carbons (Fsp3) is 0.0769. The van der Waals surface area contributed by atoms with Crippen molar-refractivity contribution in [2.24, 2.45) is 0 Å². The van der Waals surface area contributed by atoms with Gasteiger partial charge in [-0.05, 0) is 30.3 Å². The van der Waals surface area contributed by atoms with E-state index in [2.05, 4.69) is 4.98 Å². The van der Waals surface area contributed by atoms with Gasteiger partial charge in [-0.2, -0.15) is 5.26 Å². The van der Waals surface area contributed by atoms with Crippen LogP contribution in [0.1, 0.15) is 5.56 Å². The van der Waals surface area contributed by atoms with E-state index < -0.39 is 5.82 Å². The highest BCUT2D eigenvalue weighted by Gasteiger charge is 2.11. The molecule has 1 heterocycles. The molecule has 84 valence electrons. The van der Waals surface area contributed by atoms with Crippen molar-refractivity contribution in [2.75, 3.05) is 7.11 Å². The minimum absolute atomic E-state index is 0.314. The summed E-state index contributed by atoms with van der Waals surface area (Å²) in [6.45, 7) is 0. The van der Waals surface area contributed by atoms with Crippen molar-refractivity contribution < 1.29 is 9.13 Å². The van der Waals surface area contributed by atoms with Crippen molar-refractivity contribution in [1.82, 2.24) is 4.98 Å². The maximum Gasteiger partial charge on any atom is 0.221 e. The lowest BCUT2D eigenvalue weighted by molar-refractivity contribution is 0.399. The van der Waals surface area contributed by atoms with E-state index in [1.54, 1.807) is 18.3 Å². The zero-order chi connectivity index (χ0) is 12.3. The number of rotatable bonds is 2. The van der Waals surface area contributed by atoms with E-state index in [1.165, 1.54) is 25.3 Å². The van der Waals surface area contributed by atoms with Crippen molar-refractivity contribution in [3.05, 3.63) is 47.9 Å². The van der Waals surface area contributed by atoms with Gasteiger partial charge in [0.05, 0.1) is 18.7 Å². The second kappa shape index (κ2) is 4.62. The maximum absolute atomic E-state index is 13.7. The molecule has 0 atom stereocenters. The molecule has 0 saturated heterocycles. The summed E-state index contributed by atoms with van der Waals surface area (Å²) in [5, 5.41) is 8.81. The van der Waals surface area contributed by atoms with Crippen LogP contribution in [0.4, 0.5) is 4.39 Å². The molecule has 17 heavy (non-hydrogen) atoms. The van der Waals surface area contributed by atoms with Crippen molar-refractivity contribution >= 4 is 0 Å². The van der Waals surface area contributed by atoms with Gasteiger partial charge < -0.3 is 4.74 Å². The molecule has 1 aromatic heterocycles. The predicted octanol–water partition coefficient (Wildman–Crippen LogP) is 2.77. The first-order chi connectivity index (χ1) is 8.26. The average Bonchev–Trinajstić information content (AvgIpc) is 2.39. The largest absolute Gasteiger partial charge is 0.481 e. The summed E-state index contributed by atoms with van der Waals surface area (Å²) < 4.78 is 18.8. The molecule has 3 nitrogen and oxygen atoms in total. The SMILES string of the molecule is COc1ncccc1-c1cc(C#N)ccc1F. The average molecular weight is 228 g/mol. The van der Waals surface area contributed by atoms with Crippen LogP contribution < -0.4 is 4.74 Å². The lowest BCUT2D eigenvalue weighted by Gasteiger charge is -2.08. The fourth-order valence-electron chi connectivity index (χ4n) is 1.56. The molecule has 4 heteroatoms. The molecular formula is C13H9FN2O. The van der Waals surface area contributed by atoms with Crippen molar-refractivity contribution in [1.29, 1.82) is 5.26 Å². The first-order valence-corrected chi connectivity index (χ1v) is 4.95. The summed E-state index contributed by atoms with van der Waals surface area (Å²) in [5.74, 6) is -0.0724. The summed E-state index contributed by atoms with van der Waals surface area (Å²) >= 11 is 0. The molecule has 0 aliphatic carbocycles. The standard InChI is InChI=1S/C13H9FN2O/c1-17-13-10(3-2-6-16-13)11-7-9(8-15)4-5-12(11)14/h2-7H,1H3. The molecule has 0 saturated carbocycles. The lowest BCUT2D eigenvalue weighted by atomic mass is 10.0. The zero-order valence-electron chi connectivity index (χ0n) is 9.14. The minimum atomic E-state index is -0.407. The zero-order valence-corrected chi connectivity index (χ0v) is 9.14. The summed E-state index contributed by atoms with van der Waals surface area (Å²) in [7, 11) is 1.47. The second-order valence-electron chi connectivity index (χ2n) is 3.37. The summed E-state index contributed by atoms with van der Waals surface area (Å²) in [6, 6.07) is 9.54. The molecule has 0 bridgehead atoms. The Bertz CT molecular complexity index is 590. The van der Waals surface area contributed by atoms with Crippen LogP contribution in [0.3, 0.4) is 0 Å². The van der Waals surface area contributed by atoms with Crippen LogP contribution in [0.5, 0.6) is 5.88 Å². The third kappa shape index (κ3) is 2.08. The van der Waals surface area contributed by atoms with Crippen LogP contribution in [0.15, 0.2) is 36.5 Å². The van der Waals surface area contributed by atoms with Crippen LogP contribution in [0.25, 0.3) is 11.1 Å². The number of benzene rings is 1. The van der Waals surface area contributed by atoms with Gasteiger partial charge in [0, 0.05) is 17.3 Å². The third-order valence-electron chi connectivity index (χ3n) is 2.35. The van der Waals surface area contributed by atoms with E-state index in [9.17, 15) is 4.39 Å². The fourth-order valence-corrected chi connectivity index (χ4v) is 1.56. The van der Waals surface area contributed by atoms with Crippen LogP contribution in [0, 0.1) is 17.1 Å². The van der Waals surface area contributed by atoms with E-state index in [0.29, 0.717) is 22.6 Å². The smallest absolute Gasteiger partial charge is 0.221 e. The number of nitrogens with zero attached hydrogens (tertiary/aromatic N) is 2. The lowest BCUT2D eigenvalue weighted by Crippen LogP contribution is -1.93. The highest BCUT2D eigenvalue weighted by Crippen LogP contribution is 2.30. The molecule has 0 amide bonds. The number of aromatic nitrogens is 1. The summed E-state index contributed by atoms with van der Waals surface area (Å²) in [5.41, 5.74) is 1.24. The van der Waals surface area contributed by atoms with Crippen LogP contribution in [-0.2, 0) is 0 Å². The number of methoxy groups -OCH3 is 1. The molecular weight excluding hydrogens is 219 g/mol. The van der Waals surface area contributed by atoms with Crippen molar-refractivity contribution in [3.8, 4) is 23.1 Å². The summed E-state index contributed by atoms with van der Waals surface area (Å²) in [4.78, 5) is 4.00. The van der Waals surface area contributed by atoms with Crippen molar-refractivity contribution in [2.45, 2.75) is 0 Å². The highest BCUT2D eigenvalue weighted by molar-refractivity contribution is 5.70. The van der Waals surface area contributed by atoms with Gasteiger partial charge in [0.15, 0.2) is 0 Å². The normalized spacial score (nSPS) is 9.71. The molecule has 2 aromatic rings. The maximum atomic E-state index is 13.7. The molecule has 0 aliphatic heterocycles. The van der Waals surface area contributed by atoms with Gasteiger partial charge in [0.1, 0.15) is 5.82 Å². The van der Waals surface area contributed by atoms with Crippen LogP contribution in [-0.4, -0.2) is 12.1 Å². The number of hydrogen-bond donors (Lipinski definition) is 0. The van der Waals surface area contributed by atoms with Gasteiger partial charge in [0.2, 0.25) is 5.88 Å². The van der Waals surface area contributed by atoms with E-state index in [4.69, 9.17) is 10.00 Å². The molecule has 2 rings (SSSR count). The number of hydrogen-bond acceptors (Lipinski definition) is 3. The topological polar surface area (TPSA) is 45.9 Å². The number of halogens is 1. The quantitative estimate of drug-likeness (QED) is 0.793. The van der Waals surface area contributed by atoms with Gasteiger partial charge in [0.25, 0.3) is 0 Å². The first kappa shape index (κ1) is 11.1. The molecule has 0 aliphatic rings. The minimum Gasteiger partial charge on any atom is -0.481 e. The monoisotopic (exact) mass is 228 g/mol. The van der Waals surface area contributed by atoms with Crippen molar-refractivity contribution in [3.63, 3.8) is 0 Å². The molecule has 0 radical (unpaired) electrons. The Morgan fingerprint density at radius 2 is 2.12 bits per heavy atom. The van der Waals surface area contributed by atoms with E-state index in [-0.39, 0.29) is 0 Å². The van der Waals surface area contributed by atoms with E-state index >= 15 is 0 Å². The molecule has 0 unspecified atom stereocenters. The van der Waals surface area contributed by atoms with Gasteiger partial charge in [-0.15, -0.1) is 0 Å². The Morgan fingerprint density at radius 1 is 1.29 bits per heavy atom. The van der Waals surface area contributed by atoms with Gasteiger partial charge in [-0.1, -0.05) is 0 Å². The second-order valence-corrected chi connectivity index (χ2v) is 3.37. The van der Waals surface area contributed by atoms with Gasteiger partial charge in [-0.25, -0.2) is 9.37 Å². The number of ether oxygens (including phenoxy) is 1. The molecule has 0 fully saturated rings. The van der Waals surface area contributed by atoms with E-state index in [0.717, 1.165) is 0 Å². The molecule has 0 N–H and O–H groups in total. The highest BCUT2D eigenvalue weighted by atomic mass is 19.1. The Balaban J connectivity index is 2.64. The predicted molar refractivity (Wildman–Crippen MR) is 60.9 cm³/mol. The van der Waals surface area contributed by atoms with Gasteiger partial charge >= 0.3 is 0 Å². The Morgan fingerprint density at radius 3 is 2.82 bits per heavy atom.